The largest absolute Gasteiger partial charge is 0.481 e. The number of hydrogen-bond donors (Lipinski definition) is 2. The van der Waals surface area contributed by atoms with E-state index >= 15 is 0 Å². The third-order valence-corrected chi connectivity index (χ3v) is 4.35. The van der Waals surface area contributed by atoms with Crippen LogP contribution in [0.1, 0.15) is 36.3 Å². The fourth-order valence-electron chi connectivity index (χ4n) is 2.86. The SMILES string of the molecule is CC1CC(C(=O)O)CCN1C(=O)c1cn(C2CNC2)nn1. The summed E-state index contributed by atoms with van der Waals surface area (Å²) >= 11 is 0. The molecule has 1 aromatic rings. The number of carboxylic acids is 1. The predicted octanol–water partition coefficient (Wildman–Crippen LogP) is -0.252. The molecule has 8 heteroatoms. The summed E-state index contributed by atoms with van der Waals surface area (Å²) in [6, 6.07) is 0.178. The second-order valence-corrected chi connectivity index (χ2v) is 5.80. The average molecular weight is 293 g/mol. The van der Waals surface area contributed by atoms with Gasteiger partial charge in [0.25, 0.3) is 5.91 Å². The first-order chi connectivity index (χ1) is 10.1. The van der Waals surface area contributed by atoms with Gasteiger partial charge in [-0.2, -0.15) is 0 Å². The lowest BCUT2D eigenvalue weighted by molar-refractivity contribution is -0.143. The Hall–Kier alpha value is -1.96. The highest BCUT2D eigenvalue weighted by Gasteiger charge is 2.34. The molecule has 8 nitrogen and oxygen atoms in total. The molecular formula is C13H19N5O3. The topological polar surface area (TPSA) is 100 Å². The Balaban J connectivity index is 1.67. The lowest BCUT2D eigenvalue weighted by Crippen LogP contribution is -2.46. The maximum atomic E-state index is 12.5. The Morgan fingerprint density at radius 3 is 2.76 bits per heavy atom. The first-order valence-corrected chi connectivity index (χ1v) is 7.22. The van der Waals surface area contributed by atoms with Crippen LogP contribution in [0, 0.1) is 5.92 Å². The molecule has 2 N–H and O–H groups in total. The molecule has 114 valence electrons. The number of amides is 1. The third-order valence-electron chi connectivity index (χ3n) is 4.35. The molecular weight excluding hydrogens is 274 g/mol. The number of rotatable bonds is 3. The van der Waals surface area contributed by atoms with Crippen molar-refractivity contribution in [2.45, 2.75) is 31.8 Å². The molecule has 1 aromatic heterocycles. The number of carbonyl (C=O) groups is 2. The van der Waals surface area contributed by atoms with Crippen molar-refractivity contribution in [3.63, 3.8) is 0 Å². The highest BCUT2D eigenvalue weighted by atomic mass is 16.4. The molecule has 0 spiro atoms. The van der Waals surface area contributed by atoms with Crippen LogP contribution in [0.3, 0.4) is 0 Å². The summed E-state index contributed by atoms with van der Waals surface area (Å²) < 4.78 is 1.72. The number of carbonyl (C=O) groups excluding carboxylic acids is 1. The van der Waals surface area contributed by atoms with Gasteiger partial charge in [-0.3, -0.25) is 9.59 Å². The van der Waals surface area contributed by atoms with Crippen molar-refractivity contribution in [2.75, 3.05) is 19.6 Å². The summed E-state index contributed by atoms with van der Waals surface area (Å²) in [4.78, 5) is 25.2. The molecule has 3 heterocycles. The van der Waals surface area contributed by atoms with Crippen LogP contribution in [0.5, 0.6) is 0 Å². The van der Waals surface area contributed by atoms with Crippen molar-refractivity contribution in [2.24, 2.45) is 5.92 Å². The minimum atomic E-state index is -0.780. The first-order valence-electron chi connectivity index (χ1n) is 7.22. The van der Waals surface area contributed by atoms with Crippen LogP contribution in [-0.2, 0) is 4.79 Å². The van der Waals surface area contributed by atoms with Gasteiger partial charge in [-0.25, -0.2) is 4.68 Å². The third kappa shape index (κ3) is 2.63. The molecule has 0 saturated carbocycles. The summed E-state index contributed by atoms with van der Waals surface area (Å²) in [7, 11) is 0. The van der Waals surface area contributed by atoms with Crippen LogP contribution in [0.2, 0.25) is 0 Å². The van der Waals surface area contributed by atoms with E-state index in [1.54, 1.807) is 15.8 Å². The molecule has 2 fully saturated rings. The van der Waals surface area contributed by atoms with E-state index in [4.69, 9.17) is 5.11 Å². The van der Waals surface area contributed by atoms with Gasteiger partial charge in [-0.15, -0.1) is 5.10 Å². The Kier molecular flexibility index (Phi) is 3.62. The van der Waals surface area contributed by atoms with Gasteiger partial charge in [-0.05, 0) is 19.8 Å². The highest BCUT2D eigenvalue weighted by molar-refractivity contribution is 5.92. The van der Waals surface area contributed by atoms with Crippen molar-refractivity contribution in [3.05, 3.63) is 11.9 Å². The Bertz CT molecular complexity index is 554. The quantitative estimate of drug-likeness (QED) is 0.797. The zero-order chi connectivity index (χ0) is 15.0. The molecule has 2 unspecified atom stereocenters. The van der Waals surface area contributed by atoms with Crippen molar-refractivity contribution in [3.8, 4) is 0 Å². The summed E-state index contributed by atoms with van der Waals surface area (Å²) in [5.41, 5.74) is 0.336. The zero-order valence-electron chi connectivity index (χ0n) is 11.9. The number of likely N-dealkylation sites (tertiary alicyclic amines) is 1. The summed E-state index contributed by atoms with van der Waals surface area (Å²) in [5.74, 6) is -1.30. The van der Waals surface area contributed by atoms with Crippen molar-refractivity contribution in [1.82, 2.24) is 25.2 Å². The van der Waals surface area contributed by atoms with E-state index in [2.05, 4.69) is 15.6 Å². The Labute approximate surface area is 122 Å². The molecule has 2 aliphatic rings. The molecule has 0 aromatic carbocycles. The second-order valence-electron chi connectivity index (χ2n) is 5.80. The Morgan fingerprint density at radius 1 is 1.43 bits per heavy atom. The van der Waals surface area contributed by atoms with E-state index in [1.165, 1.54) is 0 Å². The number of carboxylic acid groups (broad SMARTS) is 1. The van der Waals surface area contributed by atoms with Gasteiger partial charge in [0.2, 0.25) is 0 Å². The van der Waals surface area contributed by atoms with Crippen LogP contribution in [-0.4, -0.2) is 62.6 Å². The number of hydrogen-bond acceptors (Lipinski definition) is 5. The summed E-state index contributed by atoms with van der Waals surface area (Å²) in [6.45, 7) is 4.02. The van der Waals surface area contributed by atoms with Gasteiger partial charge in [0.15, 0.2) is 5.69 Å². The monoisotopic (exact) mass is 293 g/mol. The van der Waals surface area contributed by atoms with Gasteiger partial charge < -0.3 is 15.3 Å². The summed E-state index contributed by atoms with van der Waals surface area (Å²) in [6.07, 6.45) is 2.66. The van der Waals surface area contributed by atoms with Crippen LogP contribution in [0.25, 0.3) is 0 Å². The highest BCUT2D eigenvalue weighted by Crippen LogP contribution is 2.24. The zero-order valence-corrected chi connectivity index (χ0v) is 11.9. The van der Waals surface area contributed by atoms with Gasteiger partial charge in [-0.1, -0.05) is 5.21 Å². The average Bonchev–Trinajstić information content (AvgIpc) is 2.85. The lowest BCUT2D eigenvalue weighted by atomic mass is 9.91. The Morgan fingerprint density at radius 2 is 2.19 bits per heavy atom. The van der Waals surface area contributed by atoms with Crippen LogP contribution < -0.4 is 5.32 Å². The molecule has 0 bridgehead atoms. The molecule has 2 aliphatic heterocycles. The number of aliphatic carboxylic acids is 1. The van der Waals surface area contributed by atoms with E-state index in [1.807, 2.05) is 6.92 Å². The number of piperidine rings is 1. The molecule has 2 saturated heterocycles. The normalized spacial score (nSPS) is 26.4. The van der Waals surface area contributed by atoms with E-state index < -0.39 is 5.97 Å². The van der Waals surface area contributed by atoms with Crippen molar-refractivity contribution < 1.29 is 14.7 Å². The first kappa shape index (κ1) is 14.0. The standard InChI is InChI=1S/C13H19N5O3/c1-8-4-9(13(20)21)2-3-17(8)12(19)11-7-18(16-15-11)10-5-14-6-10/h7-10,14H,2-6H2,1H3,(H,20,21). The fraction of sp³-hybridized carbons (Fsp3) is 0.692. The molecule has 1 amide bonds. The van der Waals surface area contributed by atoms with Crippen LogP contribution in [0.15, 0.2) is 6.20 Å². The minimum absolute atomic E-state index is 0.0946. The number of nitrogens with one attached hydrogen (secondary N) is 1. The van der Waals surface area contributed by atoms with E-state index in [-0.39, 0.29) is 23.9 Å². The van der Waals surface area contributed by atoms with Crippen LogP contribution >= 0.6 is 0 Å². The van der Waals surface area contributed by atoms with Crippen molar-refractivity contribution in [1.29, 1.82) is 0 Å². The van der Waals surface area contributed by atoms with Gasteiger partial charge in [0.05, 0.1) is 18.2 Å². The maximum absolute atomic E-state index is 12.5. The van der Waals surface area contributed by atoms with E-state index in [0.717, 1.165) is 13.1 Å². The second kappa shape index (κ2) is 5.44. The van der Waals surface area contributed by atoms with Crippen molar-refractivity contribution >= 4 is 11.9 Å². The number of nitrogens with zero attached hydrogens (tertiary/aromatic N) is 4. The maximum Gasteiger partial charge on any atom is 0.306 e. The molecule has 0 aliphatic carbocycles. The van der Waals surface area contributed by atoms with E-state index in [0.29, 0.717) is 25.1 Å². The molecule has 21 heavy (non-hydrogen) atoms. The molecule has 2 atom stereocenters. The van der Waals surface area contributed by atoms with Gasteiger partial charge in [0.1, 0.15) is 0 Å². The fourth-order valence-corrected chi connectivity index (χ4v) is 2.86. The van der Waals surface area contributed by atoms with Gasteiger partial charge >= 0.3 is 5.97 Å². The van der Waals surface area contributed by atoms with Gasteiger partial charge in [0, 0.05) is 25.7 Å². The molecule has 3 rings (SSSR count). The van der Waals surface area contributed by atoms with E-state index in [9.17, 15) is 9.59 Å². The van der Waals surface area contributed by atoms with Crippen LogP contribution in [0.4, 0.5) is 0 Å². The minimum Gasteiger partial charge on any atom is -0.481 e. The smallest absolute Gasteiger partial charge is 0.306 e. The summed E-state index contributed by atoms with van der Waals surface area (Å²) in [5, 5.41) is 20.2. The molecule has 0 radical (unpaired) electrons. The predicted molar refractivity (Wildman–Crippen MR) is 72.8 cm³/mol. The number of aromatic nitrogens is 3. The lowest BCUT2D eigenvalue weighted by Gasteiger charge is -2.35.